The molecule has 8 nitrogen and oxygen atoms in total. The average molecular weight is 432 g/mol. The molecule has 0 bridgehead atoms. The smallest absolute Gasteiger partial charge is 0.181 e. The number of imidazole rings is 1. The molecule has 0 saturated heterocycles. The molecule has 6 rings (SSSR count). The molecule has 0 atom stereocenters. The maximum Gasteiger partial charge on any atom is 0.181 e. The van der Waals surface area contributed by atoms with E-state index >= 15 is 0 Å². The van der Waals surface area contributed by atoms with Gasteiger partial charge in [-0.25, -0.2) is 9.97 Å². The minimum absolute atomic E-state index is 0.632. The second kappa shape index (κ2) is 7.90. The molecule has 0 unspecified atom stereocenters. The summed E-state index contributed by atoms with van der Waals surface area (Å²) in [5, 5.41) is 8.38. The molecule has 33 heavy (non-hydrogen) atoms. The molecular formula is C25H20N8. The lowest BCUT2D eigenvalue weighted by Gasteiger charge is -2.06. The van der Waals surface area contributed by atoms with Crippen molar-refractivity contribution in [1.29, 1.82) is 0 Å². The number of nitrogens with one attached hydrogen (secondary N) is 2. The Morgan fingerprint density at radius 1 is 1.06 bits per heavy atom. The molecule has 8 heteroatoms. The van der Waals surface area contributed by atoms with Crippen molar-refractivity contribution >= 4 is 33.9 Å². The van der Waals surface area contributed by atoms with Gasteiger partial charge in [-0.05, 0) is 38.0 Å². The van der Waals surface area contributed by atoms with Crippen molar-refractivity contribution in [3.8, 4) is 22.8 Å². The van der Waals surface area contributed by atoms with E-state index in [1.165, 1.54) is 5.57 Å². The number of hydrogen-bond donors (Lipinski definition) is 2. The molecule has 0 amide bonds. The molecule has 6 heterocycles. The third-order valence-electron chi connectivity index (χ3n) is 5.70. The van der Waals surface area contributed by atoms with Crippen molar-refractivity contribution in [3.63, 3.8) is 0 Å². The number of pyridine rings is 3. The summed E-state index contributed by atoms with van der Waals surface area (Å²) in [7, 11) is 0. The van der Waals surface area contributed by atoms with Crippen LogP contribution in [0.4, 0.5) is 0 Å². The fourth-order valence-corrected chi connectivity index (χ4v) is 4.03. The van der Waals surface area contributed by atoms with Crippen molar-refractivity contribution < 1.29 is 0 Å². The van der Waals surface area contributed by atoms with E-state index < -0.39 is 0 Å². The Balaban J connectivity index is 1.48. The molecule has 0 radical (unpaired) electrons. The summed E-state index contributed by atoms with van der Waals surface area (Å²) in [5.74, 6) is 0.674. The van der Waals surface area contributed by atoms with Gasteiger partial charge in [0.15, 0.2) is 11.5 Å². The molecular weight excluding hydrogens is 412 g/mol. The minimum atomic E-state index is 0.632. The van der Waals surface area contributed by atoms with Gasteiger partial charge in [-0.15, -0.1) is 0 Å². The van der Waals surface area contributed by atoms with E-state index in [4.69, 9.17) is 4.98 Å². The Bertz CT molecular complexity index is 1570. The number of rotatable bonds is 3. The van der Waals surface area contributed by atoms with Gasteiger partial charge in [0.2, 0.25) is 0 Å². The predicted molar refractivity (Wildman–Crippen MR) is 129 cm³/mol. The van der Waals surface area contributed by atoms with Crippen molar-refractivity contribution in [2.24, 2.45) is 4.99 Å². The second-order valence-electron chi connectivity index (χ2n) is 8.02. The molecule has 0 aliphatic carbocycles. The summed E-state index contributed by atoms with van der Waals surface area (Å²) < 4.78 is 0. The van der Waals surface area contributed by atoms with Gasteiger partial charge in [0.25, 0.3) is 0 Å². The third-order valence-corrected chi connectivity index (χ3v) is 5.70. The van der Waals surface area contributed by atoms with Crippen LogP contribution in [0.5, 0.6) is 0 Å². The van der Waals surface area contributed by atoms with Crippen LogP contribution in [-0.4, -0.2) is 41.3 Å². The first-order valence-corrected chi connectivity index (χ1v) is 10.8. The lowest BCUT2D eigenvalue weighted by Crippen LogP contribution is -1.90. The highest BCUT2D eigenvalue weighted by molar-refractivity contribution is 5.96. The number of H-pyrrole nitrogens is 2. The molecule has 0 spiro atoms. The van der Waals surface area contributed by atoms with E-state index in [9.17, 15) is 0 Å². The zero-order chi connectivity index (χ0) is 22.2. The second-order valence-corrected chi connectivity index (χ2v) is 8.02. The quantitative estimate of drug-likeness (QED) is 0.412. The van der Waals surface area contributed by atoms with Gasteiger partial charge in [-0.2, -0.15) is 5.10 Å². The third kappa shape index (κ3) is 3.51. The van der Waals surface area contributed by atoms with Crippen LogP contribution in [0.25, 0.3) is 50.4 Å². The number of fused-ring (bicyclic) bond motifs is 2. The maximum absolute atomic E-state index is 4.88. The summed E-state index contributed by atoms with van der Waals surface area (Å²) in [6, 6.07) is 7.88. The summed E-state index contributed by atoms with van der Waals surface area (Å²) in [6.45, 7) is 2.14. The lowest BCUT2D eigenvalue weighted by atomic mass is 10.0. The number of allylic oxidation sites excluding steroid dienone is 3. The largest absolute Gasteiger partial charge is 0.335 e. The van der Waals surface area contributed by atoms with Crippen LogP contribution in [0.3, 0.4) is 0 Å². The van der Waals surface area contributed by atoms with Gasteiger partial charge in [0.05, 0.1) is 22.8 Å². The Labute approximate surface area is 189 Å². The van der Waals surface area contributed by atoms with Gasteiger partial charge >= 0.3 is 0 Å². The van der Waals surface area contributed by atoms with E-state index in [0.29, 0.717) is 11.5 Å². The fraction of sp³-hybridized carbons (Fsp3) is 0.120. The topological polar surface area (TPSA) is 108 Å². The van der Waals surface area contributed by atoms with Gasteiger partial charge < -0.3 is 4.98 Å². The molecule has 1 aliphatic rings. The monoisotopic (exact) mass is 432 g/mol. The Morgan fingerprint density at radius 2 is 2.03 bits per heavy atom. The van der Waals surface area contributed by atoms with Crippen LogP contribution in [0.1, 0.15) is 25.3 Å². The van der Waals surface area contributed by atoms with Gasteiger partial charge in [0, 0.05) is 47.7 Å². The van der Waals surface area contributed by atoms with Crippen LogP contribution in [-0.2, 0) is 0 Å². The lowest BCUT2D eigenvalue weighted by molar-refractivity contribution is 1.02. The maximum atomic E-state index is 4.88. The molecule has 5 aromatic heterocycles. The van der Waals surface area contributed by atoms with Crippen LogP contribution in [0.15, 0.2) is 71.9 Å². The first-order chi connectivity index (χ1) is 16.3. The normalized spacial score (nSPS) is 14.2. The van der Waals surface area contributed by atoms with Crippen LogP contribution >= 0.6 is 0 Å². The Morgan fingerprint density at radius 3 is 2.94 bits per heavy atom. The highest BCUT2D eigenvalue weighted by Gasteiger charge is 2.17. The number of nitrogens with zero attached hydrogens (tertiary/aromatic N) is 6. The zero-order valence-electron chi connectivity index (χ0n) is 17.9. The van der Waals surface area contributed by atoms with E-state index in [2.05, 4.69) is 54.2 Å². The van der Waals surface area contributed by atoms with Gasteiger partial charge in [-0.3, -0.25) is 20.1 Å². The predicted octanol–water partition coefficient (Wildman–Crippen LogP) is 5.11. The van der Waals surface area contributed by atoms with Crippen molar-refractivity contribution in [2.75, 3.05) is 0 Å². The number of aromatic nitrogens is 7. The van der Waals surface area contributed by atoms with E-state index in [1.54, 1.807) is 18.6 Å². The first kappa shape index (κ1) is 19.2. The number of hydrogen-bond acceptors (Lipinski definition) is 6. The number of aliphatic imine (C=N–C) groups is 1. The van der Waals surface area contributed by atoms with Crippen LogP contribution in [0.2, 0.25) is 0 Å². The molecule has 0 saturated carbocycles. The molecule has 0 aromatic carbocycles. The molecule has 0 fully saturated rings. The Hall–Kier alpha value is -4.46. The fourth-order valence-electron chi connectivity index (χ4n) is 4.03. The summed E-state index contributed by atoms with van der Waals surface area (Å²) in [5.41, 5.74) is 8.06. The minimum Gasteiger partial charge on any atom is -0.335 e. The van der Waals surface area contributed by atoms with Gasteiger partial charge in [0.1, 0.15) is 11.2 Å². The molecule has 160 valence electrons. The summed E-state index contributed by atoms with van der Waals surface area (Å²) in [4.78, 5) is 26.1. The van der Waals surface area contributed by atoms with Crippen molar-refractivity contribution in [3.05, 3.63) is 72.5 Å². The first-order valence-electron chi connectivity index (χ1n) is 10.8. The van der Waals surface area contributed by atoms with Gasteiger partial charge in [-0.1, -0.05) is 17.7 Å². The van der Waals surface area contributed by atoms with E-state index in [1.807, 2.05) is 36.8 Å². The highest BCUT2D eigenvalue weighted by Crippen LogP contribution is 2.31. The molecule has 1 aliphatic heterocycles. The zero-order valence-corrected chi connectivity index (χ0v) is 17.9. The Kier molecular flexibility index (Phi) is 4.61. The number of aromatic amines is 2. The van der Waals surface area contributed by atoms with Crippen LogP contribution in [0, 0.1) is 0 Å². The van der Waals surface area contributed by atoms with E-state index in [0.717, 1.165) is 57.3 Å². The summed E-state index contributed by atoms with van der Waals surface area (Å²) >= 11 is 0. The van der Waals surface area contributed by atoms with E-state index in [-0.39, 0.29) is 0 Å². The summed E-state index contributed by atoms with van der Waals surface area (Å²) in [6.07, 6.45) is 15.1. The molecule has 2 N–H and O–H groups in total. The SMILES string of the molecule is CC1=CC(c2cnc3n[nH]c(-c4nc5c(-c6ccccn6)cncc5[nH]4)c3c2)=CN=CCC1. The van der Waals surface area contributed by atoms with Crippen molar-refractivity contribution in [2.45, 2.75) is 19.8 Å². The van der Waals surface area contributed by atoms with Crippen LogP contribution < -0.4 is 0 Å². The average Bonchev–Trinajstić information content (AvgIpc) is 3.45. The molecule has 5 aromatic rings. The highest BCUT2D eigenvalue weighted by atomic mass is 15.2. The van der Waals surface area contributed by atoms with Crippen molar-refractivity contribution in [1.82, 2.24) is 35.1 Å². The standard InChI is InChI=1S/C25H20N8/c1-15-5-4-7-26-11-16(9-15)17-10-18-23(32-33-24(18)29-12-17)25-30-21-14-27-13-19(22(21)31-25)20-6-2-3-8-28-20/h2-3,6-14H,4-5H2,1H3,(H,30,31)(H,29,32,33).